The van der Waals surface area contributed by atoms with Crippen molar-refractivity contribution >= 4 is 17.7 Å². The highest BCUT2D eigenvalue weighted by molar-refractivity contribution is 5.90. The van der Waals surface area contributed by atoms with Gasteiger partial charge >= 0.3 is 5.97 Å². The van der Waals surface area contributed by atoms with Crippen LogP contribution in [0.5, 0.6) is 0 Å². The van der Waals surface area contributed by atoms with E-state index in [1.165, 1.54) is 13.3 Å². The van der Waals surface area contributed by atoms with E-state index in [4.69, 9.17) is 0 Å². The maximum absolute atomic E-state index is 11.6. The van der Waals surface area contributed by atoms with Crippen LogP contribution in [0.1, 0.15) is 24.2 Å². The molecular weight excluding hydrogens is 246 g/mol. The quantitative estimate of drug-likeness (QED) is 0.778. The molecule has 0 fully saturated rings. The molecule has 6 heteroatoms. The van der Waals surface area contributed by atoms with Gasteiger partial charge in [-0.05, 0) is 26.0 Å². The maximum atomic E-state index is 11.6. The summed E-state index contributed by atoms with van der Waals surface area (Å²) >= 11 is 0. The highest BCUT2D eigenvalue weighted by atomic mass is 16.5. The largest absolute Gasteiger partial charge is 0.465 e. The molecule has 0 unspecified atom stereocenters. The van der Waals surface area contributed by atoms with Gasteiger partial charge < -0.3 is 15.4 Å². The summed E-state index contributed by atoms with van der Waals surface area (Å²) in [6.07, 6.45) is 1.52. The first-order valence-electron chi connectivity index (χ1n) is 5.91. The van der Waals surface area contributed by atoms with Gasteiger partial charge in [0.2, 0.25) is 5.91 Å². The molecule has 104 valence electrons. The van der Waals surface area contributed by atoms with Crippen molar-refractivity contribution in [2.24, 2.45) is 5.41 Å². The number of nitrogens with one attached hydrogen (secondary N) is 2. The maximum Gasteiger partial charge on any atom is 0.338 e. The molecule has 0 radical (unpaired) electrons. The Morgan fingerprint density at radius 3 is 2.68 bits per heavy atom. The predicted molar refractivity (Wildman–Crippen MR) is 71.9 cm³/mol. The Balaban J connectivity index is 2.73. The first-order chi connectivity index (χ1) is 8.90. The van der Waals surface area contributed by atoms with Crippen LogP contribution in [0.15, 0.2) is 18.3 Å². The van der Waals surface area contributed by atoms with Gasteiger partial charge in [-0.25, -0.2) is 9.78 Å². The van der Waals surface area contributed by atoms with Crippen molar-refractivity contribution in [3.8, 4) is 0 Å². The number of esters is 1. The third-order valence-corrected chi connectivity index (χ3v) is 2.73. The lowest BCUT2D eigenvalue weighted by atomic mass is 9.92. The SMILES string of the molecule is CNC(=O)C(C)(C)CNc1cc(C(=O)OC)ccn1. The summed E-state index contributed by atoms with van der Waals surface area (Å²) in [5.74, 6) is 0.0417. The van der Waals surface area contributed by atoms with Gasteiger partial charge in [0.1, 0.15) is 5.82 Å². The van der Waals surface area contributed by atoms with Crippen LogP contribution in [-0.2, 0) is 9.53 Å². The summed E-state index contributed by atoms with van der Waals surface area (Å²) in [5, 5.41) is 5.65. The molecule has 0 aliphatic rings. The van der Waals surface area contributed by atoms with Crippen LogP contribution in [0.25, 0.3) is 0 Å². The molecule has 19 heavy (non-hydrogen) atoms. The average molecular weight is 265 g/mol. The zero-order valence-electron chi connectivity index (χ0n) is 11.6. The molecule has 1 aromatic rings. The molecule has 0 saturated heterocycles. The topological polar surface area (TPSA) is 80.3 Å². The Morgan fingerprint density at radius 1 is 1.42 bits per heavy atom. The van der Waals surface area contributed by atoms with Gasteiger partial charge in [0.05, 0.1) is 18.1 Å². The number of hydrogen-bond acceptors (Lipinski definition) is 5. The third kappa shape index (κ3) is 3.94. The van der Waals surface area contributed by atoms with E-state index in [1.807, 2.05) is 13.8 Å². The number of nitrogens with zero attached hydrogens (tertiary/aromatic N) is 1. The molecule has 6 nitrogen and oxygen atoms in total. The van der Waals surface area contributed by atoms with Crippen molar-refractivity contribution in [2.75, 3.05) is 26.0 Å². The summed E-state index contributed by atoms with van der Waals surface area (Å²) in [5.41, 5.74) is -0.157. The number of anilines is 1. The summed E-state index contributed by atoms with van der Waals surface area (Å²) in [6, 6.07) is 3.16. The minimum atomic E-state index is -0.572. The second-order valence-electron chi connectivity index (χ2n) is 4.74. The van der Waals surface area contributed by atoms with Crippen molar-refractivity contribution in [3.05, 3.63) is 23.9 Å². The van der Waals surface area contributed by atoms with Gasteiger partial charge in [0, 0.05) is 19.8 Å². The molecule has 0 aliphatic heterocycles. The van der Waals surface area contributed by atoms with Gasteiger partial charge in [-0.1, -0.05) is 0 Å². The molecule has 0 spiro atoms. The average Bonchev–Trinajstić information content (AvgIpc) is 2.43. The van der Waals surface area contributed by atoms with Gasteiger partial charge in [-0.15, -0.1) is 0 Å². The summed E-state index contributed by atoms with van der Waals surface area (Å²) in [6.45, 7) is 4.05. The fourth-order valence-corrected chi connectivity index (χ4v) is 1.50. The predicted octanol–water partition coefficient (Wildman–Crippen LogP) is 1.05. The molecule has 0 bridgehead atoms. The number of methoxy groups -OCH3 is 1. The zero-order chi connectivity index (χ0) is 14.5. The number of carbonyl (C=O) groups is 2. The molecule has 1 aromatic heterocycles. The second-order valence-corrected chi connectivity index (χ2v) is 4.74. The fraction of sp³-hybridized carbons (Fsp3) is 0.462. The minimum absolute atomic E-state index is 0.0656. The Kier molecular flexibility index (Phi) is 4.86. The number of aromatic nitrogens is 1. The molecular formula is C13H19N3O3. The van der Waals surface area contributed by atoms with Crippen molar-refractivity contribution in [1.29, 1.82) is 0 Å². The molecule has 0 aromatic carbocycles. The normalized spacial score (nSPS) is 10.7. The Morgan fingerprint density at radius 2 is 2.11 bits per heavy atom. The molecule has 1 heterocycles. The van der Waals surface area contributed by atoms with E-state index in [9.17, 15) is 9.59 Å². The molecule has 0 atom stereocenters. The smallest absolute Gasteiger partial charge is 0.338 e. The Bertz CT molecular complexity index is 472. The van der Waals surface area contributed by atoms with Crippen molar-refractivity contribution in [3.63, 3.8) is 0 Å². The standard InChI is InChI=1S/C13H19N3O3/c1-13(2,12(18)14-3)8-16-10-7-9(5-6-15-10)11(17)19-4/h5-7H,8H2,1-4H3,(H,14,18)(H,15,16). The van der Waals surface area contributed by atoms with Crippen LogP contribution >= 0.6 is 0 Å². The third-order valence-electron chi connectivity index (χ3n) is 2.73. The van der Waals surface area contributed by atoms with E-state index in [-0.39, 0.29) is 5.91 Å². The van der Waals surface area contributed by atoms with Crippen molar-refractivity contribution in [1.82, 2.24) is 10.3 Å². The lowest BCUT2D eigenvalue weighted by Crippen LogP contribution is -2.39. The Hall–Kier alpha value is -2.11. The van der Waals surface area contributed by atoms with Gasteiger partial charge in [-0.2, -0.15) is 0 Å². The highest BCUT2D eigenvalue weighted by Crippen LogP contribution is 2.16. The first-order valence-corrected chi connectivity index (χ1v) is 5.91. The first kappa shape index (κ1) is 14.9. The zero-order valence-corrected chi connectivity index (χ0v) is 11.6. The van der Waals surface area contributed by atoms with Crippen LogP contribution in [0.4, 0.5) is 5.82 Å². The van der Waals surface area contributed by atoms with E-state index in [2.05, 4.69) is 20.4 Å². The molecule has 1 amide bonds. The molecule has 1 rings (SSSR count). The molecule has 0 aliphatic carbocycles. The summed E-state index contributed by atoms with van der Waals surface area (Å²) in [7, 11) is 2.92. The van der Waals surface area contributed by atoms with Gasteiger partial charge in [0.25, 0.3) is 0 Å². The lowest BCUT2D eigenvalue weighted by Gasteiger charge is -2.23. The van der Waals surface area contributed by atoms with Crippen LogP contribution in [0.3, 0.4) is 0 Å². The van der Waals surface area contributed by atoms with Crippen molar-refractivity contribution in [2.45, 2.75) is 13.8 Å². The van der Waals surface area contributed by atoms with Crippen molar-refractivity contribution < 1.29 is 14.3 Å². The molecule has 2 N–H and O–H groups in total. The molecule has 0 saturated carbocycles. The van der Waals surface area contributed by atoms with Crippen LogP contribution < -0.4 is 10.6 Å². The number of rotatable bonds is 5. The van der Waals surface area contributed by atoms with Crippen LogP contribution in [0, 0.1) is 5.41 Å². The van der Waals surface area contributed by atoms with Gasteiger partial charge in [0.15, 0.2) is 0 Å². The number of ether oxygens (including phenoxy) is 1. The van der Waals surface area contributed by atoms with Crippen LogP contribution in [-0.4, -0.2) is 37.6 Å². The number of carbonyl (C=O) groups excluding carboxylic acids is 2. The van der Waals surface area contributed by atoms with Gasteiger partial charge in [-0.3, -0.25) is 4.79 Å². The van der Waals surface area contributed by atoms with E-state index < -0.39 is 11.4 Å². The van der Waals surface area contributed by atoms with E-state index in [1.54, 1.807) is 19.2 Å². The summed E-state index contributed by atoms with van der Waals surface area (Å²) in [4.78, 5) is 27.1. The fourth-order valence-electron chi connectivity index (χ4n) is 1.50. The highest BCUT2D eigenvalue weighted by Gasteiger charge is 2.26. The second kappa shape index (κ2) is 6.17. The number of pyridine rings is 1. The monoisotopic (exact) mass is 265 g/mol. The van der Waals surface area contributed by atoms with E-state index in [0.29, 0.717) is 17.9 Å². The minimum Gasteiger partial charge on any atom is -0.465 e. The number of hydrogen-bond donors (Lipinski definition) is 2. The lowest BCUT2D eigenvalue weighted by molar-refractivity contribution is -0.128. The van der Waals surface area contributed by atoms with Crippen LogP contribution in [0.2, 0.25) is 0 Å². The van der Waals surface area contributed by atoms with E-state index in [0.717, 1.165) is 0 Å². The Labute approximate surface area is 112 Å². The summed E-state index contributed by atoms with van der Waals surface area (Å²) < 4.78 is 4.63. The van der Waals surface area contributed by atoms with E-state index >= 15 is 0 Å². The number of amides is 1.